The molecule has 72 valence electrons. The van der Waals surface area contributed by atoms with Crippen LogP contribution in [0.4, 0.5) is 0 Å². The zero-order chi connectivity index (χ0) is 10.6. The van der Waals surface area contributed by atoms with Crippen LogP contribution < -0.4 is 5.73 Å². The van der Waals surface area contributed by atoms with E-state index < -0.39 is 11.9 Å². The predicted octanol–water partition coefficient (Wildman–Crippen LogP) is 0.883. The fourth-order valence-corrected chi connectivity index (χ4v) is 0.915. The fourth-order valence-electron chi connectivity index (χ4n) is 0.915. The van der Waals surface area contributed by atoms with Crippen molar-refractivity contribution in [2.45, 2.75) is 0 Å². The molecule has 0 heterocycles. The van der Waals surface area contributed by atoms with E-state index >= 15 is 0 Å². The monoisotopic (exact) mass is 191 g/mol. The number of carbonyl (C=O) groups is 2. The number of carbonyl (C=O) groups excluding carboxylic acids is 1. The van der Waals surface area contributed by atoms with Crippen molar-refractivity contribution in [1.82, 2.24) is 0 Å². The van der Waals surface area contributed by atoms with Crippen molar-refractivity contribution < 1.29 is 14.7 Å². The Kier molecular flexibility index (Phi) is 3.01. The van der Waals surface area contributed by atoms with Gasteiger partial charge in [-0.15, -0.1) is 0 Å². The molecule has 0 radical (unpaired) electrons. The second-order valence-corrected chi connectivity index (χ2v) is 2.66. The SMILES string of the molecule is NC(=O)/C=C/c1ccc(C(=O)O)cc1. The van der Waals surface area contributed by atoms with Gasteiger partial charge in [0.15, 0.2) is 0 Å². The van der Waals surface area contributed by atoms with Gasteiger partial charge in [-0.2, -0.15) is 0 Å². The Morgan fingerprint density at radius 3 is 2.21 bits per heavy atom. The number of rotatable bonds is 3. The standard InChI is InChI=1S/C10H9NO3/c11-9(12)6-3-7-1-4-8(5-2-7)10(13)14/h1-6H,(H2,11,12)(H,13,14)/b6-3+. The molecule has 4 heteroatoms. The maximum atomic E-state index is 10.5. The highest BCUT2D eigenvalue weighted by atomic mass is 16.4. The van der Waals surface area contributed by atoms with E-state index in [2.05, 4.69) is 0 Å². The van der Waals surface area contributed by atoms with Crippen LogP contribution in [0.5, 0.6) is 0 Å². The molecule has 0 aliphatic rings. The first-order chi connectivity index (χ1) is 6.59. The summed E-state index contributed by atoms with van der Waals surface area (Å²) in [5.74, 6) is -1.51. The largest absolute Gasteiger partial charge is 0.478 e. The first kappa shape index (κ1) is 9.98. The van der Waals surface area contributed by atoms with Crippen molar-refractivity contribution >= 4 is 18.0 Å². The molecular weight excluding hydrogens is 182 g/mol. The minimum atomic E-state index is -0.976. The third-order valence-corrected chi connectivity index (χ3v) is 1.60. The molecule has 1 rings (SSSR count). The van der Waals surface area contributed by atoms with Crippen LogP contribution in [0.3, 0.4) is 0 Å². The molecule has 0 aliphatic heterocycles. The van der Waals surface area contributed by atoms with Gasteiger partial charge in [0.05, 0.1) is 5.56 Å². The summed E-state index contributed by atoms with van der Waals surface area (Å²) < 4.78 is 0. The number of primary amides is 1. The van der Waals surface area contributed by atoms with Gasteiger partial charge >= 0.3 is 5.97 Å². The summed E-state index contributed by atoms with van der Waals surface area (Å²) in [6, 6.07) is 6.12. The molecule has 0 unspecified atom stereocenters. The lowest BCUT2D eigenvalue weighted by Gasteiger charge is -1.94. The van der Waals surface area contributed by atoms with Crippen molar-refractivity contribution in [3.63, 3.8) is 0 Å². The summed E-state index contributed by atoms with van der Waals surface area (Å²) >= 11 is 0. The highest BCUT2D eigenvalue weighted by Gasteiger charge is 1.99. The molecule has 0 aromatic heterocycles. The molecule has 14 heavy (non-hydrogen) atoms. The van der Waals surface area contributed by atoms with E-state index in [1.807, 2.05) is 0 Å². The van der Waals surface area contributed by atoms with Gasteiger partial charge in [-0.1, -0.05) is 12.1 Å². The Morgan fingerprint density at radius 1 is 1.21 bits per heavy atom. The summed E-state index contributed by atoms with van der Waals surface area (Å²) in [5, 5.41) is 8.60. The molecule has 0 fully saturated rings. The van der Waals surface area contributed by atoms with Gasteiger partial charge < -0.3 is 10.8 Å². The summed E-state index contributed by atoms with van der Waals surface area (Å²) in [6.45, 7) is 0. The lowest BCUT2D eigenvalue weighted by Crippen LogP contribution is -2.05. The van der Waals surface area contributed by atoms with E-state index in [-0.39, 0.29) is 5.56 Å². The molecule has 4 nitrogen and oxygen atoms in total. The molecule has 1 amide bonds. The van der Waals surface area contributed by atoms with Crippen LogP contribution in [-0.4, -0.2) is 17.0 Å². The average Bonchev–Trinajstić information content (AvgIpc) is 2.15. The van der Waals surface area contributed by atoms with Crippen molar-refractivity contribution in [2.24, 2.45) is 5.73 Å². The zero-order valence-electron chi connectivity index (χ0n) is 7.31. The molecule has 0 saturated heterocycles. The summed E-state index contributed by atoms with van der Waals surface area (Å²) in [7, 11) is 0. The third kappa shape index (κ3) is 2.75. The molecule has 1 aromatic carbocycles. The highest BCUT2D eigenvalue weighted by molar-refractivity contribution is 5.91. The highest BCUT2D eigenvalue weighted by Crippen LogP contribution is 2.05. The molecule has 0 atom stereocenters. The van der Waals surface area contributed by atoms with E-state index in [0.29, 0.717) is 0 Å². The third-order valence-electron chi connectivity index (χ3n) is 1.60. The average molecular weight is 191 g/mol. The van der Waals surface area contributed by atoms with Crippen LogP contribution in [0, 0.1) is 0 Å². The van der Waals surface area contributed by atoms with Crippen molar-refractivity contribution in [1.29, 1.82) is 0 Å². The molecule has 1 aromatic rings. The van der Waals surface area contributed by atoms with Crippen molar-refractivity contribution in [3.8, 4) is 0 Å². The normalized spacial score (nSPS) is 10.3. The maximum absolute atomic E-state index is 10.5. The summed E-state index contributed by atoms with van der Waals surface area (Å²) in [4.78, 5) is 20.9. The van der Waals surface area contributed by atoms with Crippen LogP contribution in [-0.2, 0) is 4.79 Å². The number of hydrogen-bond donors (Lipinski definition) is 2. The fraction of sp³-hybridized carbons (Fsp3) is 0. The minimum absolute atomic E-state index is 0.209. The Bertz CT molecular complexity index is 379. The van der Waals surface area contributed by atoms with Gasteiger partial charge in [0.1, 0.15) is 0 Å². The Balaban J connectivity index is 2.83. The van der Waals surface area contributed by atoms with E-state index in [1.165, 1.54) is 24.3 Å². The first-order valence-corrected chi connectivity index (χ1v) is 3.90. The van der Waals surface area contributed by atoms with Gasteiger partial charge in [0.25, 0.3) is 0 Å². The van der Waals surface area contributed by atoms with Gasteiger partial charge in [0, 0.05) is 6.08 Å². The van der Waals surface area contributed by atoms with Gasteiger partial charge in [-0.3, -0.25) is 4.79 Å². The maximum Gasteiger partial charge on any atom is 0.335 e. The molecular formula is C10H9NO3. The zero-order valence-corrected chi connectivity index (χ0v) is 7.31. The van der Waals surface area contributed by atoms with Crippen molar-refractivity contribution in [2.75, 3.05) is 0 Å². The number of hydrogen-bond acceptors (Lipinski definition) is 2. The van der Waals surface area contributed by atoms with Gasteiger partial charge in [-0.25, -0.2) is 4.79 Å². The molecule has 0 spiro atoms. The lowest BCUT2D eigenvalue weighted by atomic mass is 10.1. The minimum Gasteiger partial charge on any atom is -0.478 e. The van der Waals surface area contributed by atoms with Crippen LogP contribution in [0.2, 0.25) is 0 Å². The number of carboxylic acid groups (broad SMARTS) is 1. The smallest absolute Gasteiger partial charge is 0.335 e. The van der Waals surface area contributed by atoms with Crippen LogP contribution in [0.1, 0.15) is 15.9 Å². The van der Waals surface area contributed by atoms with Gasteiger partial charge in [0.2, 0.25) is 5.91 Å². The number of carboxylic acids is 1. The van der Waals surface area contributed by atoms with E-state index in [0.717, 1.165) is 5.56 Å². The lowest BCUT2D eigenvalue weighted by molar-refractivity contribution is -0.113. The topological polar surface area (TPSA) is 80.4 Å². The summed E-state index contributed by atoms with van der Waals surface area (Å²) in [6.07, 6.45) is 2.74. The number of amides is 1. The molecule has 3 N–H and O–H groups in total. The Morgan fingerprint density at radius 2 is 1.79 bits per heavy atom. The quantitative estimate of drug-likeness (QED) is 0.696. The van der Waals surface area contributed by atoms with Crippen LogP contribution in [0.25, 0.3) is 6.08 Å². The number of aromatic carboxylic acids is 1. The van der Waals surface area contributed by atoms with E-state index in [9.17, 15) is 9.59 Å². The number of nitrogens with two attached hydrogens (primary N) is 1. The van der Waals surface area contributed by atoms with E-state index in [4.69, 9.17) is 10.8 Å². The van der Waals surface area contributed by atoms with Crippen molar-refractivity contribution in [3.05, 3.63) is 41.5 Å². The molecule has 0 bridgehead atoms. The van der Waals surface area contributed by atoms with Crippen LogP contribution >= 0.6 is 0 Å². The van der Waals surface area contributed by atoms with Gasteiger partial charge in [-0.05, 0) is 23.8 Å². The Labute approximate surface area is 80.7 Å². The Hall–Kier alpha value is -2.10. The summed E-state index contributed by atoms with van der Waals surface area (Å²) in [5.41, 5.74) is 5.84. The second kappa shape index (κ2) is 4.23. The van der Waals surface area contributed by atoms with E-state index in [1.54, 1.807) is 12.1 Å². The predicted molar refractivity (Wildman–Crippen MR) is 51.6 cm³/mol. The second-order valence-electron chi connectivity index (χ2n) is 2.66. The molecule has 0 aliphatic carbocycles. The first-order valence-electron chi connectivity index (χ1n) is 3.90. The number of benzene rings is 1. The van der Waals surface area contributed by atoms with Crippen LogP contribution in [0.15, 0.2) is 30.3 Å². The molecule has 0 saturated carbocycles.